The lowest BCUT2D eigenvalue weighted by molar-refractivity contribution is -0.157. The summed E-state index contributed by atoms with van der Waals surface area (Å²) in [5.74, 6) is 0.612. The van der Waals surface area contributed by atoms with Gasteiger partial charge in [0.1, 0.15) is 0 Å². The molecular formula is C29H44N2O5. The van der Waals surface area contributed by atoms with Gasteiger partial charge in [-0.1, -0.05) is 52.9 Å². The van der Waals surface area contributed by atoms with Crippen molar-refractivity contribution < 1.29 is 19.4 Å². The molecule has 1 saturated heterocycles. The van der Waals surface area contributed by atoms with Crippen LogP contribution in [0.2, 0.25) is 0 Å². The van der Waals surface area contributed by atoms with Crippen molar-refractivity contribution in [3.63, 3.8) is 0 Å². The van der Waals surface area contributed by atoms with E-state index in [1.165, 1.54) is 36.7 Å². The first-order valence-electron chi connectivity index (χ1n) is 14.0. The highest BCUT2D eigenvalue weighted by Crippen LogP contribution is 2.43. The molecule has 0 aromatic carbocycles. The molecule has 0 radical (unpaired) electrons. The number of hydrogen-bond donors (Lipinski definition) is 1. The average molecular weight is 501 g/mol. The first-order valence-corrected chi connectivity index (χ1v) is 14.0. The number of piperidine rings is 1. The normalized spacial score (nSPS) is 25.4. The molecule has 2 saturated carbocycles. The number of pyridine rings is 1. The number of amides is 1. The van der Waals surface area contributed by atoms with Crippen LogP contribution in [0.1, 0.15) is 107 Å². The van der Waals surface area contributed by atoms with Crippen molar-refractivity contribution in [3.05, 3.63) is 33.7 Å². The van der Waals surface area contributed by atoms with E-state index in [-0.39, 0.29) is 36.5 Å². The highest BCUT2D eigenvalue weighted by molar-refractivity contribution is 5.91. The van der Waals surface area contributed by atoms with Crippen LogP contribution in [0, 0.1) is 17.3 Å². The van der Waals surface area contributed by atoms with Crippen molar-refractivity contribution in [2.45, 2.75) is 104 Å². The van der Waals surface area contributed by atoms with Gasteiger partial charge < -0.3 is 19.3 Å². The first kappa shape index (κ1) is 26.9. The van der Waals surface area contributed by atoms with Gasteiger partial charge in [0.15, 0.2) is 0 Å². The maximum absolute atomic E-state index is 13.3. The summed E-state index contributed by atoms with van der Waals surface area (Å²) < 4.78 is 6.72. The number of esters is 1. The maximum atomic E-state index is 13.3. The van der Waals surface area contributed by atoms with Crippen LogP contribution in [0.5, 0.6) is 0 Å². The number of likely N-dealkylation sites (tertiary alicyclic amines) is 1. The van der Waals surface area contributed by atoms with Gasteiger partial charge in [0.05, 0.1) is 24.3 Å². The predicted molar refractivity (Wildman–Crippen MR) is 139 cm³/mol. The van der Waals surface area contributed by atoms with Gasteiger partial charge in [-0.05, 0) is 50.0 Å². The number of rotatable bonds is 8. The quantitative estimate of drug-likeness (QED) is 0.531. The van der Waals surface area contributed by atoms with Crippen LogP contribution >= 0.6 is 0 Å². The minimum absolute atomic E-state index is 0.0141. The zero-order valence-electron chi connectivity index (χ0n) is 22.6. The highest BCUT2D eigenvalue weighted by Gasteiger charge is 2.49. The molecule has 7 heteroatoms. The summed E-state index contributed by atoms with van der Waals surface area (Å²) in [6.07, 6.45) is 11.1. The molecule has 2 aliphatic carbocycles. The van der Waals surface area contributed by atoms with Crippen molar-refractivity contribution in [1.82, 2.24) is 9.47 Å². The van der Waals surface area contributed by atoms with E-state index in [1.807, 2.05) is 25.7 Å². The first-order chi connectivity index (χ1) is 17.0. The molecule has 3 fully saturated rings. The number of aliphatic hydroxyl groups is 1. The molecule has 1 aromatic rings. The van der Waals surface area contributed by atoms with E-state index in [9.17, 15) is 19.5 Å². The summed E-state index contributed by atoms with van der Waals surface area (Å²) in [6.45, 7) is 8.99. The number of nitrogens with zero attached hydrogens (tertiary/aromatic N) is 2. The third-order valence-electron chi connectivity index (χ3n) is 8.89. The van der Waals surface area contributed by atoms with E-state index in [2.05, 4.69) is 0 Å². The van der Waals surface area contributed by atoms with Crippen LogP contribution in [-0.4, -0.2) is 51.7 Å². The minimum atomic E-state index is -1.19. The Morgan fingerprint density at radius 1 is 1.17 bits per heavy atom. The van der Waals surface area contributed by atoms with Crippen molar-refractivity contribution >= 4 is 11.9 Å². The molecule has 2 atom stereocenters. The van der Waals surface area contributed by atoms with E-state index >= 15 is 0 Å². The Labute approximate surface area is 215 Å². The Bertz CT molecular complexity index is 1020. The summed E-state index contributed by atoms with van der Waals surface area (Å²) >= 11 is 0. The van der Waals surface area contributed by atoms with Crippen LogP contribution < -0.4 is 5.56 Å². The third-order valence-corrected chi connectivity index (χ3v) is 8.89. The lowest BCUT2D eigenvalue weighted by atomic mass is 9.69. The summed E-state index contributed by atoms with van der Waals surface area (Å²) in [6, 6.07) is 1.55. The molecule has 2 heterocycles. The molecule has 2 unspecified atom stereocenters. The van der Waals surface area contributed by atoms with Crippen LogP contribution in [0.4, 0.5) is 0 Å². The molecule has 200 valence electrons. The van der Waals surface area contributed by atoms with Crippen molar-refractivity contribution in [1.29, 1.82) is 0 Å². The van der Waals surface area contributed by atoms with E-state index in [1.54, 1.807) is 19.2 Å². The van der Waals surface area contributed by atoms with Gasteiger partial charge in [-0.3, -0.25) is 9.59 Å². The molecule has 7 nitrogen and oxygen atoms in total. The number of hydrogen-bond acceptors (Lipinski definition) is 5. The Morgan fingerprint density at radius 2 is 1.86 bits per heavy atom. The van der Waals surface area contributed by atoms with Gasteiger partial charge in [0.2, 0.25) is 5.91 Å². The van der Waals surface area contributed by atoms with Crippen LogP contribution in [-0.2, 0) is 16.1 Å². The second-order valence-electron chi connectivity index (χ2n) is 12.2. The summed E-state index contributed by atoms with van der Waals surface area (Å²) in [4.78, 5) is 40.9. The number of ether oxygens (including phenoxy) is 1. The van der Waals surface area contributed by atoms with E-state index in [4.69, 9.17) is 4.74 Å². The van der Waals surface area contributed by atoms with E-state index in [0.717, 1.165) is 24.8 Å². The maximum Gasteiger partial charge on any atom is 0.339 e. The zero-order chi connectivity index (χ0) is 26.1. The molecule has 0 spiro atoms. The molecule has 3 aliphatic rings. The van der Waals surface area contributed by atoms with Crippen LogP contribution in [0.3, 0.4) is 0 Å². The van der Waals surface area contributed by atoms with Gasteiger partial charge in [0, 0.05) is 36.7 Å². The van der Waals surface area contributed by atoms with E-state index < -0.39 is 17.0 Å². The monoisotopic (exact) mass is 500 g/mol. The van der Waals surface area contributed by atoms with Crippen molar-refractivity contribution in [2.24, 2.45) is 17.3 Å². The molecule has 1 amide bonds. The SMILES string of the molecule is CCOC(=O)c1cn(CC2(O)CCN(C(=O)C(C)CC3CCCCC3)CC2(C)C)c(=O)cc1C1CC1. The number of aromatic nitrogens is 1. The molecular weight excluding hydrogens is 456 g/mol. The van der Waals surface area contributed by atoms with Gasteiger partial charge in [-0.2, -0.15) is 0 Å². The fourth-order valence-corrected chi connectivity index (χ4v) is 6.28. The van der Waals surface area contributed by atoms with Crippen LogP contribution in [0.25, 0.3) is 0 Å². The minimum Gasteiger partial charge on any atom is -0.462 e. The van der Waals surface area contributed by atoms with Crippen molar-refractivity contribution in [2.75, 3.05) is 19.7 Å². The van der Waals surface area contributed by atoms with Gasteiger partial charge in [0.25, 0.3) is 5.56 Å². The fourth-order valence-electron chi connectivity index (χ4n) is 6.28. The highest BCUT2D eigenvalue weighted by atomic mass is 16.5. The van der Waals surface area contributed by atoms with E-state index in [0.29, 0.717) is 31.0 Å². The van der Waals surface area contributed by atoms with Gasteiger partial charge >= 0.3 is 5.97 Å². The predicted octanol–water partition coefficient (Wildman–Crippen LogP) is 4.50. The second-order valence-corrected chi connectivity index (χ2v) is 12.2. The Hall–Kier alpha value is -2.15. The Morgan fingerprint density at radius 3 is 2.47 bits per heavy atom. The smallest absolute Gasteiger partial charge is 0.339 e. The number of carbonyl (C=O) groups excluding carboxylic acids is 2. The molecule has 1 N–H and O–H groups in total. The largest absolute Gasteiger partial charge is 0.462 e. The lowest BCUT2D eigenvalue weighted by Crippen LogP contribution is -2.61. The number of carbonyl (C=O) groups is 2. The molecule has 1 aliphatic heterocycles. The summed E-state index contributed by atoms with van der Waals surface area (Å²) in [5.41, 5.74) is -0.844. The topological polar surface area (TPSA) is 88.8 Å². The lowest BCUT2D eigenvalue weighted by Gasteiger charge is -2.51. The average Bonchev–Trinajstić information content (AvgIpc) is 3.68. The fraction of sp³-hybridized carbons (Fsp3) is 0.759. The molecule has 0 bridgehead atoms. The van der Waals surface area contributed by atoms with Gasteiger partial charge in [-0.25, -0.2) is 4.79 Å². The third kappa shape index (κ3) is 5.71. The molecule has 36 heavy (non-hydrogen) atoms. The van der Waals surface area contributed by atoms with Gasteiger partial charge in [-0.15, -0.1) is 0 Å². The zero-order valence-corrected chi connectivity index (χ0v) is 22.6. The molecule has 4 rings (SSSR count). The second kappa shape index (κ2) is 10.7. The standard InChI is InChI=1S/C29H44N2O5/c1-5-36-27(34)24-17-31(25(32)16-23(24)22-11-12-22)19-29(35)13-14-30(18-28(29,3)4)26(33)20(2)15-21-9-7-6-8-10-21/h16-17,20-22,35H,5-15,18-19H2,1-4H3. The summed E-state index contributed by atoms with van der Waals surface area (Å²) in [5, 5.41) is 11.8. The van der Waals surface area contributed by atoms with Crippen LogP contribution in [0.15, 0.2) is 17.1 Å². The Kier molecular flexibility index (Phi) is 7.98. The Balaban J connectivity index is 1.48. The van der Waals surface area contributed by atoms with Crippen molar-refractivity contribution in [3.8, 4) is 0 Å². The summed E-state index contributed by atoms with van der Waals surface area (Å²) in [7, 11) is 0. The molecule has 1 aromatic heterocycles.